The molecule has 0 spiro atoms. The Morgan fingerprint density at radius 2 is 2.15 bits per heavy atom. The molecular weight excluding hydrogens is 267 g/mol. The van der Waals surface area contributed by atoms with E-state index in [1.54, 1.807) is 13.0 Å². The summed E-state index contributed by atoms with van der Waals surface area (Å²) in [7, 11) is 0. The summed E-state index contributed by atoms with van der Waals surface area (Å²) in [5, 5.41) is 20.0. The number of hydrogen-bond acceptors (Lipinski definition) is 3. The maximum atomic E-state index is 13.1. The number of carboxylic acid groups (broad SMARTS) is 1. The number of carboxylic acids is 1. The summed E-state index contributed by atoms with van der Waals surface area (Å²) in [5.74, 6) is -1.79. The van der Waals surface area contributed by atoms with E-state index in [4.69, 9.17) is 10.2 Å². The van der Waals surface area contributed by atoms with Crippen LogP contribution in [0.4, 0.5) is 14.9 Å². The fraction of sp³-hybridized carbons (Fsp3) is 0.385. The lowest BCUT2D eigenvalue weighted by Gasteiger charge is -2.21. The molecule has 0 aliphatic heterocycles. The average Bonchev–Trinajstić information content (AvgIpc) is 2.39. The molecule has 0 heterocycles. The van der Waals surface area contributed by atoms with Crippen LogP contribution in [0, 0.1) is 5.82 Å². The van der Waals surface area contributed by atoms with E-state index < -0.39 is 23.9 Å². The van der Waals surface area contributed by atoms with E-state index in [0.717, 1.165) is 0 Å². The van der Waals surface area contributed by atoms with E-state index in [2.05, 4.69) is 5.32 Å². The molecular formula is C13H17FN2O4. The lowest BCUT2D eigenvalue weighted by Crippen LogP contribution is -2.41. The van der Waals surface area contributed by atoms with Gasteiger partial charge in [0.05, 0.1) is 0 Å². The van der Waals surface area contributed by atoms with Gasteiger partial charge in [-0.1, -0.05) is 6.07 Å². The monoisotopic (exact) mass is 284 g/mol. The fourth-order valence-electron chi connectivity index (χ4n) is 1.62. The van der Waals surface area contributed by atoms with Crippen LogP contribution in [0.2, 0.25) is 0 Å². The summed E-state index contributed by atoms with van der Waals surface area (Å²) in [5.41, 5.74) is 0.406. The molecule has 0 saturated carbocycles. The molecule has 0 fully saturated rings. The van der Waals surface area contributed by atoms with E-state index in [9.17, 15) is 14.0 Å². The number of carbonyl (C=O) groups excluding carboxylic acids is 1. The molecule has 0 aliphatic carbocycles. The van der Waals surface area contributed by atoms with E-state index in [1.165, 1.54) is 23.1 Å². The Kier molecular flexibility index (Phi) is 5.92. The minimum atomic E-state index is -1.51. The van der Waals surface area contributed by atoms with E-state index in [-0.39, 0.29) is 13.0 Å². The van der Waals surface area contributed by atoms with E-state index >= 15 is 0 Å². The van der Waals surface area contributed by atoms with Crippen LogP contribution in [0.5, 0.6) is 0 Å². The predicted octanol–water partition coefficient (Wildman–Crippen LogP) is 1.20. The third-order valence-electron chi connectivity index (χ3n) is 2.66. The Bertz CT molecular complexity index is 481. The van der Waals surface area contributed by atoms with Crippen molar-refractivity contribution >= 4 is 17.7 Å². The van der Waals surface area contributed by atoms with Gasteiger partial charge in [0.25, 0.3) is 0 Å². The van der Waals surface area contributed by atoms with Gasteiger partial charge in [-0.15, -0.1) is 0 Å². The van der Waals surface area contributed by atoms with Crippen molar-refractivity contribution < 1.29 is 24.2 Å². The number of benzene rings is 1. The van der Waals surface area contributed by atoms with Crippen LogP contribution < -0.4 is 10.2 Å². The zero-order valence-corrected chi connectivity index (χ0v) is 11.0. The van der Waals surface area contributed by atoms with Crippen molar-refractivity contribution in [1.29, 1.82) is 0 Å². The number of aliphatic hydroxyl groups is 1. The number of nitrogens with one attached hydrogen (secondary N) is 1. The lowest BCUT2D eigenvalue weighted by atomic mass is 10.2. The second kappa shape index (κ2) is 7.44. The number of urea groups is 1. The SMILES string of the molecule is CCN(C(=O)NCC[C@H](O)C(=O)O)c1cccc(F)c1. The molecule has 0 aromatic heterocycles. The topological polar surface area (TPSA) is 89.9 Å². The van der Waals surface area contributed by atoms with Crippen LogP contribution in [0.15, 0.2) is 24.3 Å². The number of halogens is 1. The normalized spacial score (nSPS) is 11.8. The van der Waals surface area contributed by atoms with Gasteiger partial charge < -0.3 is 15.5 Å². The number of carbonyl (C=O) groups is 2. The average molecular weight is 284 g/mol. The number of aliphatic carboxylic acids is 1. The first-order valence-electron chi connectivity index (χ1n) is 6.17. The Balaban J connectivity index is 2.58. The van der Waals surface area contributed by atoms with Gasteiger partial charge in [-0.2, -0.15) is 0 Å². The lowest BCUT2D eigenvalue weighted by molar-refractivity contribution is -0.146. The summed E-state index contributed by atoms with van der Waals surface area (Å²) in [6.07, 6.45) is -1.61. The first kappa shape index (κ1) is 15.9. The number of hydrogen-bond donors (Lipinski definition) is 3. The molecule has 20 heavy (non-hydrogen) atoms. The maximum absolute atomic E-state index is 13.1. The highest BCUT2D eigenvalue weighted by molar-refractivity contribution is 5.91. The number of nitrogens with zero attached hydrogens (tertiary/aromatic N) is 1. The van der Waals surface area contributed by atoms with Crippen molar-refractivity contribution in [2.45, 2.75) is 19.4 Å². The van der Waals surface area contributed by atoms with Gasteiger partial charge in [0.15, 0.2) is 6.10 Å². The standard InChI is InChI=1S/C13H17FN2O4/c1-2-16(10-5-3-4-9(14)8-10)13(20)15-7-6-11(17)12(18)19/h3-5,8,11,17H,2,6-7H2,1H3,(H,15,20)(H,18,19)/t11-/m0/s1. The number of amides is 2. The molecule has 0 bridgehead atoms. The summed E-state index contributed by atoms with van der Waals surface area (Å²) in [4.78, 5) is 23.6. The van der Waals surface area contributed by atoms with Gasteiger partial charge in [-0.3, -0.25) is 4.90 Å². The molecule has 2 amide bonds. The van der Waals surface area contributed by atoms with Crippen LogP contribution in [0.3, 0.4) is 0 Å². The zero-order chi connectivity index (χ0) is 15.1. The summed E-state index contributed by atoms with van der Waals surface area (Å²) < 4.78 is 13.1. The summed E-state index contributed by atoms with van der Waals surface area (Å²) in [6, 6.07) is 5.12. The first-order valence-corrected chi connectivity index (χ1v) is 6.17. The van der Waals surface area contributed by atoms with Crippen molar-refractivity contribution in [3.63, 3.8) is 0 Å². The quantitative estimate of drug-likeness (QED) is 0.732. The van der Waals surface area contributed by atoms with Crippen LogP contribution in [-0.4, -0.2) is 41.4 Å². The molecule has 110 valence electrons. The molecule has 3 N–H and O–H groups in total. The van der Waals surface area contributed by atoms with Gasteiger partial charge >= 0.3 is 12.0 Å². The molecule has 0 saturated heterocycles. The van der Waals surface area contributed by atoms with Gasteiger partial charge in [0.2, 0.25) is 0 Å². The van der Waals surface area contributed by atoms with Crippen LogP contribution in [0.25, 0.3) is 0 Å². The number of aliphatic hydroxyl groups excluding tert-OH is 1. The highest BCUT2D eigenvalue weighted by Crippen LogP contribution is 2.15. The van der Waals surface area contributed by atoms with Crippen LogP contribution in [0.1, 0.15) is 13.3 Å². The Labute approximate surface area is 115 Å². The molecule has 1 aromatic rings. The van der Waals surface area contributed by atoms with E-state index in [0.29, 0.717) is 12.2 Å². The highest BCUT2D eigenvalue weighted by atomic mass is 19.1. The molecule has 0 unspecified atom stereocenters. The van der Waals surface area contributed by atoms with Crippen molar-refractivity contribution in [3.05, 3.63) is 30.1 Å². The Hall–Kier alpha value is -2.15. The fourth-order valence-corrected chi connectivity index (χ4v) is 1.62. The molecule has 1 atom stereocenters. The minimum absolute atomic E-state index is 0.0120. The predicted molar refractivity (Wildman–Crippen MR) is 71.1 cm³/mol. The van der Waals surface area contributed by atoms with Crippen molar-refractivity contribution in [2.75, 3.05) is 18.0 Å². The second-order valence-electron chi connectivity index (χ2n) is 4.10. The van der Waals surface area contributed by atoms with Crippen molar-refractivity contribution in [2.24, 2.45) is 0 Å². The minimum Gasteiger partial charge on any atom is -0.479 e. The Morgan fingerprint density at radius 1 is 1.45 bits per heavy atom. The third kappa shape index (κ3) is 4.51. The third-order valence-corrected chi connectivity index (χ3v) is 2.66. The molecule has 0 aliphatic rings. The largest absolute Gasteiger partial charge is 0.479 e. The highest BCUT2D eigenvalue weighted by Gasteiger charge is 2.16. The van der Waals surface area contributed by atoms with E-state index in [1.807, 2.05) is 0 Å². The second-order valence-corrected chi connectivity index (χ2v) is 4.10. The summed E-state index contributed by atoms with van der Waals surface area (Å²) in [6.45, 7) is 2.07. The molecule has 7 heteroatoms. The van der Waals surface area contributed by atoms with Gasteiger partial charge in [0.1, 0.15) is 5.82 Å². The molecule has 0 radical (unpaired) electrons. The van der Waals surface area contributed by atoms with Gasteiger partial charge in [0, 0.05) is 25.2 Å². The summed E-state index contributed by atoms with van der Waals surface area (Å²) >= 11 is 0. The van der Waals surface area contributed by atoms with Crippen LogP contribution in [-0.2, 0) is 4.79 Å². The molecule has 1 aromatic carbocycles. The van der Waals surface area contributed by atoms with Gasteiger partial charge in [-0.25, -0.2) is 14.0 Å². The van der Waals surface area contributed by atoms with Crippen LogP contribution >= 0.6 is 0 Å². The van der Waals surface area contributed by atoms with Gasteiger partial charge in [-0.05, 0) is 25.1 Å². The maximum Gasteiger partial charge on any atom is 0.332 e. The number of rotatable bonds is 6. The smallest absolute Gasteiger partial charge is 0.332 e. The number of anilines is 1. The first-order chi connectivity index (χ1) is 9.45. The molecule has 6 nitrogen and oxygen atoms in total. The van der Waals surface area contributed by atoms with Crippen molar-refractivity contribution in [3.8, 4) is 0 Å². The molecule has 1 rings (SSSR count). The zero-order valence-electron chi connectivity index (χ0n) is 11.0. The Morgan fingerprint density at radius 3 is 2.70 bits per heavy atom. The van der Waals surface area contributed by atoms with Crippen molar-refractivity contribution in [1.82, 2.24) is 5.32 Å².